The van der Waals surface area contributed by atoms with E-state index in [4.69, 9.17) is 0 Å². The molecule has 0 bridgehead atoms. The zero-order valence-electron chi connectivity index (χ0n) is 18.8. The molecule has 0 atom stereocenters. The Morgan fingerprint density at radius 2 is 1.55 bits per heavy atom. The van der Waals surface area contributed by atoms with Gasteiger partial charge >= 0.3 is 0 Å². The maximum Gasteiger partial charge on any atom is 0.234 e. The molecule has 4 aromatic rings. The highest BCUT2D eigenvalue weighted by molar-refractivity contribution is 7.99. The van der Waals surface area contributed by atoms with E-state index in [1.54, 1.807) is 11.6 Å². The van der Waals surface area contributed by atoms with Gasteiger partial charge < -0.3 is 15.2 Å². The second-order valence-electron chi connectivity index (χ2n) is 7.88. The monoisotopic (exact) mass is 459 g/mol. The predicted octanol–water partition coefficient (Wildman–Crippen LogP) is 4.50. The SMILES string of the molecule is Cc1ccc(NC(=O)Cc2nnc(SCC(=O)Nc3ccc4ccccc4c3)n2C)cc1C. The van der Waals surface area contributed by atoms with Gasteiger partial charge in [0.15, 0.2) is 5.16 Å². The number of rotatable bonds is 7. The summed E-state index contributed by atoms with van der Waals surface area (Å²) in [7, 11) is 1.79. The van der Waals surface area contributed by atoms with Gasteiger partial charge in [-0.15, -0.1) is 10.2 Å². The molecule has 0 spiro atoms. The molecule has 0 saturated heterocycles. The molecule has 1 aromatic heterocycles. The average Bonchev–Trinajstić information content (AvgIpc) is 3.14. The van der Waals surface area contributed by atoms with Crippen molar-refractivity contribution in [3.05, 3.63) is 77.6 Å². The summed E-state index contributed by atoms with van der Waals surface area (Å²) in [6.45, 7) is 4.04. The van der Waals surface area contributed by atoms with Crippen LogP contribution in [0.2, 0.25) is 0 Å². The molecule has 2 N–H and O–H groups in total. The Kier molecular flexibility index (Phi) is 6.74. The number of carbonyl (C=O) groups is 2. The summed E-state index contributed by atoms with van der Waals surface area (Å²) in [5.41, 5.74) is 3.80. The first-order valence-corrected chi connectivity index (χ1v) is 11.5. The number of aromatic nitrogens is 3. The lowest BCUT2D eigenvalue weighted by molar-refractivity contribution is -0.116. The lowest BCUT2D eigenvalue weighted by Crippen LogP contribution is -2.17. The predicted molar refractivity (Wildman–Crippen MR) is 133 cm³/mol. The van der Waals surface area contributed by atoms with Crippen molar-refractivity contribution in [3.63, 3.8) is 0 Å². The summed E-state index contributed by atoms with van der Waals surface area (Å²) >= 11 is 1.28. The molecule has 1 heterocycles. The molecular weight excluding hydrogens is 434 g/mol. The maximum atomic E-state index is 12.4. The fourth-order valence-corrected chi connectivity index (χ4v) is 4.12. The summed E-state index contributed by atoms with van der Waals surface area (Å²) < 4.78 is 1.74. The fraction of sp³-hybridized carbons (Fsp3) is 0.200. The molecule has 0 aliphatic heterocycles. The number of thioether (sulfide) groups is 1. The highest BCUT2D eigenvalue weighted by Crippen LogP contribution is 2.21. The van der Waals surface area contributed by atoms with Crippen molar-refractivity contribution in [2.45, 2.75) is 25.4 Å². The van der Waals surface area contributed by atoms with E-state index in [9.17, 15) is 9.59 Å². The van der Waals surface area contributed by atoms with E-state index >= 15 is 0 Å². The van der Waals surface area contributed by atoms with Gasteiger partial charge in [0.05, 0.1) is 12.2 Å². The number of fused-ring (bicyclic) bond motifs is 1. The zero-order chi connectivity index (χ0) is 23.4. The van der Waals surface area contributed by atoms with Crippen LogP contribution >= 0.6 is 11.8 Å². The molecule has 0 aliphatic carbocycles. The van der Waals surface area contributed by atoms with Crippen LogP contribution in [0.15, 0.2) is 65.8 Å². The molecule has 0 aliphatic rings. The quantitative estimate of drug-likeness (QED) is 0.397. The van der Waals surface area contributed by atoms with Crippen molar-refractivity contribution < 1.29 is 9.59 Å². The number of benzene rings is 3. The first-order valence-electron chi connectivity index (χ1n) is 10.6. The topological polar surface area (TPSA) is 88.9 Å². The fourth-order valence-electron chi connectivity index (χ4n) is 3.39. The van der Waals surface area contributed by atoms with Crippen LogP contribution in [-0.2, 0) is 23.1 Å². The van der Waals surface area contributed by atoms with Crippen molar-refractivity contribution >= 4 is 45.7 Å². The molecule has 3 aromatic carbocycles. The van der Waals surface area contributed by atoms with E-state index < -0.39 is 0 Å². The Morgan fingerprint density at radius 1 is 0.848 bits per heavy atom. The Hall–Kier alpha value is -3.65. The maximum absolute atomic E-state index is 12.4. The van der Waals surface area contributed by atoms with Gasteiger partial charge in [0.1, 0.15) is 5.82 Å². The van der Waals surface area contributed by atoms with Gasteiger partial charge in [0.25, 0.3) is 0 Å². The van der Waals surface area contributed by atoms with Crippen molar-refractivity contribution in [3.8, 4) is 0 Å². The normalized spacial score (nSPS) is 10.9. The van der Waals surface area contributed by atoms with Gasteiger partial charge in [-0.05, 0) is 60.0 Å². The number of carbonyl (C=O) groups excluding carboxylic acids is 2. The van der Waals surface area contributed by atoms with Crippen LogP contribution in [0.3, 0.4) is 0 Å². The van der Waals surface area contributed by atoms with Crippen LogP contribution in [-0.4, -0.2) is 32.3 Å². The Balaban J connectivity index is 1.31. The van der Waals surface area contributed by atoms with Crippen LogP contribution < -0.4 is 10.6 Å². The minimum absolute atomic E-state index is 0.0975. The van der Waals surface area contributed by atoms with Crippen LogP contribution in [0.4, 0.5) is 11.4 Å². The summed E-state index contributed by atoms with van der Waals surface area (Å²) in [5.74, 6) is 0.425. The molecule has 0 fully saturated rings. The van der Waals surface area contributed by atoms with E-state index in [0.717, 1.165) is 27.7 Å². The molecule has 4 rings (SSSR count). The zero-order valence-corrected chi connectivity index (χ0v) is 19.6. The molecule has 33 heavy (non-hydrogen) atoms. The smallest absolute Gasteiger partial charge is 0.234 e. The van der Waals surface area contributed by atoms with Gasteiger partial charge in [0.2, 0.25) is 11.8 Å². The van der Waals surface area contributed by atoms with Crippen LogP contribution in [0.5, 0.6) is 0 Å². The van der Waals surface area contributed by atoms with Gasteiger partial charge in [-0.25, -0.2) is 0 Å². The van der Waals surface area contributed by atoms with Gasteiger partial charge in [-0.2, -0.15) is 0 Å². The van der Waals surface area contributed by atoms with E-state index in [0.29, 0.717) is 11.0 Å². The third-order valence-electron chi connectivity index (χ3n) is 5.40. The van der Waals surface area contributed by atoms with Crippen molar-refractivity contribution in [2.75, 3.05) is 16.4 Å². The van der Waals surface area contributed by atoms with Crippen molar-refractivity contribution in [1.82, 2.24) is 14.8 Å². The highest BCUT2D eigenvalue weighted by Gasteiger charge is 2.15. The van der Waals surface area contributed by atoms with Crippen molar-refractivity contribution in [2.24, 2.45) is 7.05 Å². The third kappa shape index (κ3) is 5.59. The lowest BCUT2D eigenvalue weighted by atomic mass is 10.1. The van der Waals surface area contributed by atoms with E-state index in [1.165, 1.54) is 17.3 Å². The second-order valence-corrected chi connectivity index (χ2v) is 8.82. The Labute approximate surface area is 196 Å². The number of anilines is 2. The molecule has 7 nitrogen and oxygen atoms in total. The number of aryl methyl sites for hydroxylation is 2. The summed E-state index contributed by atoms with van der Waals surface area (Å²) in [6.07, 6.45) is 0.0975. The third-order valence-corrected chi connectivity index (χ3v) is 6.42. The number of nitrogens with one attached hydrogen (secondary N) is 2. The molecule has 0 saturated carbocycles. The number of nitrogens with zero attached hydrogens (tertiary/aromatic N) is 3. The van der Waals surface area contributed by atoms with Crippen LogP contribution in [0.25, 0.3) is 10.8 Å². The molecule has 8 heteroatoms. The van der Waals surface area contributed by atoms with Gasteiger partial charge in [-0.1, -0.05) is 48.2 Å². The molecule has 168 valence electrons. The minimum atomic E-state index is -0.167. The van der Waals surface area contributed by atoms with E-state index in [1.807, 2.05) is 74.5 Å². The molecule has 0 radical (unpaired) electrons. The first kappa shape index (κ1) is 22.5. The molecular formula is C25H25N5O2S. The van der Waals surface area contributed by atoms with E-state index in [2.05, 4.69) is 20.8 Å². The largest absolute Gasteiger partial charge is 0.326 e. The lowest BCUT2D eigenvalue weighted by Gasteiger charge is -2.08. The van der Waals surface area contributed by atoms with Crippen LogP contribution in [0.1, 0.15) is 17.0 Å². The number of amides is 2. The molecule has 0 unspecified atom stereocenters. The number of hydrogen-bond acceptors (Lipinski definition) is 5. The van der Waals surface area contributed by atoms with Crippen LogP contribution in [0, 0.1) is 13.8 Å². The second kappa shape index (κ2) is 9.87. The van der Waals surface area contributed by atoms with Crippen molar-refractivity contribution in [1.29, 1.82) is 0 Å². The highest BCUT2D eigenvalue weighted by atomic mass is 32.2. The minimum Gasteiger partial charge on any atom is -0.326 e. The van der Waals surface area contributed by atoms with E-state index in [-0.39, 0.29) is 24.0 Å². The number of hydrogen-bond donors (Lipinski definition) is 2. The Morgan fingerprint density at radius 3 is 2.33 bits per heavy atom. The van der Waals surface area contributed by atoms with Gasteiger partial charge in [0, 0.05) is 18.4 Å². The Bertz CT molecular complexity index is 1330. The average molecular weight is 460 g/mol. The summed E-state index contributed by atoms with van der Waals surface area (Å²) in [4.78, 5) is 24.9. The summed E-state index contributed by atoms with van der Waals surface area (Å²) in [5, 5.41) is 16.8. The standard InChI is InChI=1S/C25H25N5O2S/c1-16-8-10-20(12-17(16)2)26-23(31)14-22-28-29-25(30(22)3)33-15-24(32)27-21-11-9-18-6-4-5-7-19(18)13-21/h4-13H,14-15H2,1-3H3,(H,26,31)(H,27,32). The molecule has 2 amide bonds. The van der Waals surface area contributed by atoms with Gasteiger partial charge in [-0.3, -0.25) is 9.59 Å². The summed E-state index contributed by atoms with van der Waals surface area (Å²) in [6, 6.07) is 19.6. The first-order chi connectivity index (χ1) is 15.9.